The van der Waals surface area contributed by atoms with Crippen LogP contribution in [0.15, 0.2) is 0 Å². The molecule has 0 aliphatic carbocycles. The molecule has 0 aromatic carbocycles. The zero-order valence-electron chi connectivity index (χ0n) is 16.2. The molecule has 4 rings (SSSR count). The van der Waals surface area contributed by atoms with Gasteiger partial charge < -0.3 is 14.5 Å². The third-order valence-electron chi connectivity index (χ3n) is 6.77. The number of piperazine rings is 1. The smallest absolute Gasteiger partial charge is 0.410 e. The van der Waals surface area contributed by atoms with Gasteiger partial charge in [-0.05, 0) is 18.7 Å². The summed E-state index contributed by atoms with van der Waals surface area (Å²) in [5.41, 5.74) is -0.208. The molecular weight excluding hydrogens is 348 g/mol. The molecule has 0 radical (unpaired) electrons. The number of hydrogen-bond donors (Lipinski definition) is 0. The number of hydrogen-bond acceptors (Lipinski definition) is 6. The summed E-state index contributed by atoms with van der Waals surface area (Å²) >= 11 is 2.08. The van der Waals surface area contributed by atoms with E-state index in [0.717, 1.165) is 84.3 Å². The largest absolute Gasteiger partial charge is 0.441 e. The van der Waals surface area contributed by atoms with Crippen LogP contribution < -0.4 is 0 Å². The van der Waals surface area contributed by atoms with Gasteiger partial charge in [-0.3, -0.25) is 9.80 Å². The highest BCUT2D eigenvalue weighted by molar-refractivity contribution is 7.99. The number of piperidine rings is 1. The van der Waals surface area contributed by atoms with E-state index in [1.54, 1.807) is 0 Å². The summed E-state index contributed by atoms with van der Waals surface area (Å²) in [6.07, 6.45) is 3.26. The van der Waals surface area contributed by atoms with Gasteiger partial charge in [0.05, 0.1) is 6.54 Å². The summed E-state index contributed by atoms with van der Waals surface area (Å²) in [4.78, 5) is 22.0. The van der Waals surface area contributed by atoms with Crippen LogP contribution in [0.25, 0.3) is 0 Å². The van der Waals surface area contributed by atoms with E-state index in [-0.39, 0.29) is 11.7 Å². The van der Waals surface area contributed by atoms with Gasteiger partial charge in [0.1, 0.15) is 5.60 Å². The monoisotopic (exact) mass is 382 g/mol. The van der Waals surface area contributed by atoms with Crippen molar-refractivity contribution >= 4 is 17.9 Å². The van der Waals surface area contributed by atoms with E-state index in [1.807, 2.05) is 4.90 Å². The second-order valence-corrected chi connectivity index (χ2v) is 9.45. The van der Waals surface area contributed by atoms with Gasteiger partial charge in [0.2, 0.25) is 0 Å². The lowest BCUT2D eigenvalue weighted by molar-refractivity contribution is -0.00744. The predicted octanol–water partition coefficient (Wildman–Crippen LogP) is 1.42. The Kier molecular flexibility index (Phi) is 5.98. The average Bonchev–Trinajstić information content (AvgIpc) is 3.30. The van der Waals surface area contributed by atoms with Gasteiger partial charge in [-0.2, -0.15) is 11.8 Å². The van der Waals surface area contributed by atoms with Crippen LogP contribution in [0.2, 0.25) is 0 Å². The van der Waals surface area contributed by atoms with E-state index < -0.39 is 0 Å². The maximum Gasteiger partial charge on any atom is 0.410 e. The Bertz CT molecular complexity index is 484. The van der Waals surface area contributed by atoms with Crippen molar-refractivity contribution in [1.82, 2.24) is 19.6 Å². The molecule has 1 amide bonds. The fraction of sp³-hybridized carbons (Fsp3) is 0.947. The lowest BCUT2D eigenvalue weighted by Crippen LogP contribution is -2.50. The molecule has 4 saturated heterocycles. The van der Waals surface area contributed by atoms with Crippen molar-refractivity contribution in [3.63, 3.8) is 0 Å². The Balaban J connectivity index is 1.22. The number of ether oxygens (including phenoxy) is 1. The molecule has 1 atom stereocenters. The standard InChI is InChI=1S/C19H34N4O2S/c1-2-20-8-10-21(11-9-20)12-13-23-16-19(25-18(23)24)4-6-22(7-5-19)17-3-14-26-15-17/h17H,2-16H2,1H3/t17-/m1/s1. The van der Waals surface area contributed by atoms with Crippen molar-refractivity contribution < 1.29 is 9.53 Å². The summed E-state index contributed by atoms with van der Waals surface area (Å²) in [7, 11) is 0. The average molecular weight is 383 g/mol. The van der Waals surface area contributed by atoms with Crippen LogP contribution in [0.5, 0.6) is 0 Å². The Labute approximate surface area is 162 Å². The Morgan fingerprint density at radius 3 is 2.46 bits per heavy atom. The maximum atomic E-state index is 12.4. The summed E-state index contributed by atoms with van der Waals surface area (Å²) < 4.78 is 5.92. The van der Waals surface area contributed by atoms with E-state index in [0.29, 0.717) is 0 Å². The Morgan fingerprint density at radius 2 is 1.81 bits per heavy atom. The summed E-state index contributed by atoms with van der Waals surface area (Å²) in [5, 5.41) is 0. The van der Waals surface area contributed by atoms with E-state index in [4.69, 9.17) is 4.74 Å². The van der Waals surface area contributed by atoms with Crippen LogP contribution >= 0.6 is 11.8 Å². The fourth-order valence-corrected chi connectivity index (χ4v) is 6.08. The normalized spacial score (nSPS) is 31.0. The third kappa shape index (κ3) is 4.16. The van der Waals surface area contributed by atoms with Crippen molar-refractivity contribution in [1.29, 1.82) is 0 Å². The first-order valence-corrected chi connectivity index (χ1v) is 11.6. The van der Waals surface area contributed by atoms with Crippen molar-refractivity contribution in [2.45, 2.75) is 37.8 Å². The molecule has 7 heteroatoms. The quantitative estimate of drug-likeness (QED) is 0.716. The van der Waals surface area contributed by atoms with Gasteiger partial charge in [-0.25, -0.2) is 4.79 Å². The molecule has 0 aromatic rings. The zero-order valence-corrected chi connectivity index (χ0v) is 17.0. The minimum atomic E-state index is -0.208. The number of carbonyl (C=O) groups is 1. The minimum absolute atomic E-state index is 0.0814. The van der Waals surface area contributed by atoms with E-state index in [2.05, 4.69) is 33.4 Å². The summed E-state index contributed by atoms with van der Waals surface area (Å²) in [5.74, 6) is 2.59. The molecule has 4 fully saturated rings. The molecule has 0 unspecified atom stereocenters. The third-order valence-corrected chi connectivity index (χ3v) is 7.92. The number of amides is 1. The van der Waals surface area contributed by atoms with Crippen LogP contribution in [-0.2, 0) is 4.74 Å². The molecule has 1 spiro atoms. The van der Waals surface area contributed by atoms with Crippen LogP contribution in [0.1, 0.15) is 26.2 Å². The molecule has 0 bridgehead atoms. The van der Waals surface area contributed by atoms with Gasteiger partial charge in [-0.1, -0.05) is 6.92 Å². The fourth-order valence-electron chi connectivity index (χ4n) is 4.82. The SMILES string of the molecule is CCN1CCN(CCN2CC3(CCN([C@@H]4CCSC4)CC3)OC2=O)CC1. The summed E-state index contributed by atoms with van der Waals surface area (Å²) in [6.45, 7) is 12.7. The number of thioether (sulfide) groups is 1. The second-order valence-electron chi connectivity index (χ2n) is 8.30. The lowest BCUT2D eigenvalue weighted by atomic mass is 9.90. The topological polar surface area (TPSA) is 39.3 Å². The van der Waals surface area contributed by atoms with Crippen molar-refractivity contribution in [3.05, 3.63) is 0 Å². The molecule has 26 heavy (non-hydrogen) atoms. The number of rotatable bonds is 5. The van der Waals surface area contributed by atoms with Crippen LogP contribution in [-0.4, -0.2) is 114 Å². The van der Waals surface area contributed by atoms with Crippen LogP contribution in [0.4, 0.5) is 4.79 Å². The van der Waals surface area contributed by atoms with Gasteiger partial charge >= 0.3 is 6.09 Å². The van der Waals surface area contributed by atoms with E-state index in [9.17, 15) is 4.79 Å². The highest BCUT2D eigenvalue weighted by atomic mass is 32.2. The number of likely N-dealkylation sites (tertiary alicyclic amines) is 1. The molecule has 0 saturated carbocycles. The highest BCUT2D eigenvalue weighted by Crippen LogP contribution is 2.35. The molecule has 148 valence electrons. The van der Waals surface area contributed by atoms with E-state index in [1.165, 1.54) is 17.9 Å². The molecular formula is C19H34N4O2S. The van der Waals surface area contributed by atoms with Gasteiger partial charge in [-0.15, -0.1) is 0 Å². The lowest BCUT2D eigenvalue weighted by Gasteiger charge is -2.40. The highest BCUT2D eigenvalue weighted by Gasteiger charge is 2.47. The second kappa shape index (κ2) is 8.25. The number of likely N-dealkylation sites (N-methyl/N-ethyl adjacent to an activating group) is 1. The predicted molar refractivity (Wildman–Crippen MR) is 106 cm³/mol. The Morgan fingerprint density at radius 1 is 1.08 bits per heavy atom. The number of carbonyl (C=O) groups excluding carboxylic acids is 1. The van der Waals surface area contributed by atoms with Crippen LogP contribution in [0, 0.1) is 0 Å². The minimum Gasteiger partial charge on any atom is -0.441 e. The van der Waals surface area contributed by atoms with E-state index >= 15 is 0 Å². The molecule has 4 aliphatic heterocycles. The maximum absolute atomic E-state index is 12.4. The van der Waals surface area contributed by atoms with Gasteiger partial charge in [0.25, 0.3) is 0 Å². The zero-order chi connectivity index (χ0) is 18.0. The molecule has 0 N–H and O–H groups in total. The first-order valence-electron chi connectivity index (χ1n) is 10.4. The molecule has 4 aliphatic rings. The van der Waals surface area contributed by atoms with Gasteiger partial charge in [0.15, 0.2) is 0 Å². The first kappa shape index (κ1) is 18.8. The van der Waals surface area contributed by atoms with Gasteiger partial charge in [0, 0.05) is 77.0 Å². The summed E-state index contributed by atoms with van der Waals surface area (Å²) in [6, 6.07) is 0.757. The molecule has 6 nitrogen and oxygen atoms in total. The Hall–Kier alpha value is -0.500. The molecule has 4 heterocycles. The van der Waals surface area contributed by atoms with Crippen molar-refractivity contribution in [2.24, 2.45) is 0 Å². The number of nitrogens with zero attached hydrogens (tertiary/aromatic N) is 4. The first-order chi connectivity index (χ1) is 12.7. The van der Waals surface area contributed by atoms with Crippen molar-refractivity contribution in [3.8, 4) is 0 Å². The molecule has 0 aromatic heterocycles. The van der Waals surface area contributed by atoms with Crippen molar-refractivity contribution in [2.75, 3.05) is 77.0 Å². The van der Waals surface area contributed by atoms with Crippen LogP contribution in [0.3, 0.4) is 0 Å².